The molecule has 148 valence electrons. The second kappa shape index (κ2) is 6.79. The summed E-state index contributed by atoms with van der Waals surface area (Å²) in [7, 11) is 0. The average Bonchev–Trinajstić information content (AvgIpc) is 3.07. The molecule has 1 aliphatic rings. The van der Waals surface area contributed by atoms with E-state index in [1.807, 2.05) is 54.1 Å². The molecule has 29 heavy (non-hydrogen) atoms. The van der Waals surface area contributed by atoms with Gasteiger partial charge in [-0.25, -0.2) is 4.52 Å². The molecule has 0 spiro atoms. The Labute approximate surface area is 169 Å². The zero-order chi connectivity index (χ0) is 20.1. The van der Waals surface area contributed by atoms with Crippen LogP contribution in [0.1, 0.15) is 44.8 Å². The zero-order valence-corrected chi connectivity index (χ0v) is 17.0. The number of rotatable bonds is 2. The summed E-state index contributed by atoms with van der Waals surface area (Å²) in [6.07, 6.45) is 5.34. The molecule has 6 nitrogen and oxygen atoms in total. The van der Waals surface area contributed by atoms with Gasteiger partial charge in [-0.3, -0.25) is 4.79 Å². The molecule has 3 heterocycles. The van der Waals surface area contributed by atoms with Gasteiger partial charge in [0.1, 0.15) is 5.52 Å². The predicted octanol–water partition coefficient (Wildman–Crippen LogP) is 4.41. The Bertz CT molecular complexity index is 1260. The van der Waals surface area contributed by atoms with Crippen LogP contribution in [0.5, 0.6) is 0 Å². The lowest BCUT2D eigenvalue weighted by Gasteiger charge is -2.35. The third-order valence-corrected chi connectivity index (χ3v) is 6.67. The Kier molecular flexibility index (Phi) is 4.23. The molecule has 3 aromatic heterocycles. The second-order valence-corrected chi connectivity index (χ2v) is 8.36. The van der Waals surface area contributed by atoms with Crippen LogP contribution >= 0.6 is 0 Å². The van der Waals surface area contributed by atoms with Crippen LogP contribution in [0.4, 0.5) is 0 Å². The molecule has 0 amide bonds. The average molecular weight is 387 g/mol. The summed E-state index contributed by atoms with van der Waals surface area (Å²) in [5, 5.41) is 13.5. The number of benzene rings is 1. The van der Waals surface area contributed by atoms with E-state index in [0.29, 0.717) is 28.5 Å². The Morgan fingerprint density at radius 3 is 2.62 bits per heavy atom. The lowest BCUT2D eigenvalue weighted by Crippen LogP contribution is -2.34. The van der Waals surface area contributed by atoms with Gasteiger partial charge in [-0.15, -0.1) is 10.2 Å². The summed E-state index contributed by atoms with van der Waals surface area (Å²) >= 11 is 0. The van der Waals surface area contributed by atoms with Gasteiger partial charge < -0.3 is 4.57 Å². The molecule has 1 aromatic carbocycles. The van der Waals surface area contributed by atoms with Crippen molar-refractivity contribution in [1.82, 2.24) is 24.4 Å². The van der Waals surface area contributed by atoms with Crippen molar-refractivity contribution in [3.63, 3.8) is 0 Å². The molecule has 0 bridgehead atoms. The monoisotopic (exact) mass is 387 g/mol. The van der Waals surface area contributed by atoms with Gasteiger partial charge in [0.25, 0.3) is 5.56 Å². The fourth-order valence-electron chi connectivity index (χ4n) is 4.82. The fourth-order valence-corrected chi connectivity index (χ4v) is 4.82. The van der Waals surface area contributed by atoms with Crippen LogP contribution in [0.25, 0.3) is 27.8 Å². The molecule has 1 saturated carbocycles. The van der Waals surface area contributed by atoms with E-state index in [9.17, 15) is 4.79 Å². The van der Waals surface area contributed by atoms with Gasteiger partial charge in [0.05, 0.1) is 11.3 Å². The first-order valence-corrected chi connectivity index (χ1v) is 10.4. The molecule has 0 radical (unpaired) electrons. The fraction of sp³-hybridized carbons (Fsp3) is 0.391. The molecule has 5 rings (SSSR count). The van der Waals surface area contributed by atoms with Crippen LogP contribution in [0.3, 0.4) is 0 Å². The van der Waals surface area contributed by atoms with Crippen molar-refractivity contribution in [3.8, 4) is 11.1 Å². The molecule has 0 saturated heterocycles. The SMILES string of the molecule is Cc1nn2c(nnc3c(=O)n([C@@H]4CCC[C@H](C)[C@H]4C)ccc32)c1-c1ccccc1. The Hall–Kier alpha value is -3.02. The van der Waals surface area contributed by atoms with Gasteiger partial charge in [0, 0.05) is 12.2 Å². The standard InChI is InChI=1S/C23H25N5O/c1-14-8-7-11-18(15(14)2)27-13-12-19-21(23(27)29)24-25-22-20(16(3)26-28(19)22)17-9-5-4-6-10-17/h4-6,9-10,12-15,18H,7-8,11H2,1-3H3/t14-,15+,18+/m0/s1. The minimum Gasteiger partial charge on any atom is -0.310 e. The van der Waals surface area contributed by atoms with Crippen molar-refractivity contribution in [1.29, 1.82) is 0 Å². The lowest BCUT2D eigenvalue weighted by molar-refractivity contribution is 0.183. The Balaban J connectivity index is 1.70. The topological polar surface area (TPSA) is 65.1 Å². The maximum Gasteiger partial charge on any atom is 0.280 e. The minimum absolute atomic E-state index is 0.0720. The Morgan fingerprint density at radius 1 is 1.03 bits per heavy atom. The van der Waals surface area contributed by atoms with E-state index < -0.39 is 0 Å². The molecule has 6 heteroatoms. The first-order valence-electron chi connectivity index (χ1n) is 10.4. The quantitative estimate of drug-likeness (QED) is 0.511. The summed E-state index contributed by atoms with van der Waals surface area (Å²) in [5.41, 5.74) is 4.57. The number of hydrogen-bond acceptors (Lipinski definition) is 4. The minimum atomic E-state index is -0.0720. The Morgan fingerprint density at radius 2 is 1.83 bits per heavy atom. The number of pyridine rings is 1. The van der Waals surface area contributed by atoms with Gasteiger partial charge in [-0.1, -0.05) is 57.0 Å². The van der Waals surface area contributed by atoms with Crippen LogP contribution in [-0.2, 0) is 0 Å². The van der Waals surface area contributed by atoms with Gasteiger partial charge in [-0.2, -0.15) is 5.10 Å². The van der Waals surface area contributed by atoms with Crippen LogP contribution in [0.2, 0.25) is 0 Å². The van der Waals surface area contributed by atoms with Crippen LogP contribution < -0.4 is 5.56 Å². The number of hydrogen-bond donors (Lipinski definition) is 0. The molecule has 1 aliphatic carbocycles. The van der Waals surface area contributed by atoms with Crippen LogP contribution in [0.15, 0.2) is 47.4 Å². The predicted molar refractivity (Wildman–Crippen MR) is 114 cm³/mol. The van der Waals surface area contributed by atoms with Gasteiger partial charge in [0.15, 0.2) is 11.2 Å². The summed E-state index contributed by atoms with van der Waals surface area (Å²) in [4.78, 5) is 13.3. The number of nitrogens with zero attached hydrogens (tertiary/aromatic N) is 5. The van der Waals surface area contributed by atoms with Crippen molar-refractivity contribution in [2.75, 3.05) is 0 Å². The van der Waals surface area contributed by atoms with Crippen molar-refractivity contribution < 1.29 is 0 Å². The molecule has 0 N–H and O–H groups in total. The summed E-state index contributed by atoms with van der Waals surface area (Å²) in [6.45, 7) is 6.50. The molecule has 0 unspecified atom stereocenters. The molecule has 3 atom stereocenters. The van der Waals surface area contributed by atoms with Gasteiger partial charge in [0.2, 0.25) is 0 Å². The highest BCUT2D eigenvalue weighted by Gasteiger charge is 2.29. The van der Waals surface area contributed by atoms with E-state index >= 15 is 0 Å². The van der Waals surface area contributed by atoms with Crippen molar-refractivity contribution in [2.24, 2.45) is 11.8 Å². The van der Waals surface area contributed by atoms with Crippen molar-refractivity contribution in [2.45, 2.75) is 46.1 Å². The first-order chi connectivity index (χ1) is 14.1. The second-order valence-electron chi connectivity index (χ2n) is 8.36. The molecule has 1 fully saturated rings. The summed E-state index contributed by atoms with van der Waals surface area (Å²) in [6, 6.07) is 12.2. The number of aryl methyl sites for hydroxylation is 1. The highest BCUT2D eigenvalue weighted by atomic mass is 16.1. The summed E-state index contributed by atoms with van der Waals surface area (Å²) < 4.78 is 3.64. The van der Waals surface area contributed by atoms with E-state index in [0.717, 1.165) is 29.7 Å². The van der Waals surface area contributed by atoms with E-state index in [4.69, 9.17) is 5.10 Å². The molecule has 4 aromatic rings. The molecular formula is C23H25N5O. The zero-order valence-electron chi connectivity index (χ0n) is 17.0. The van der Waals surface area contributed by atoms with Gasteiger partial charge >= 0.3 is 0 Å². The van der Waals surface area contributed by atoms with E-state index in [1.165, 1.54) is 6.42 Å². The smallest absolute Gasteiger partial charge is 0.280 e. The highest BCUT2D eigenvalue weighted by Crippen LogP contribution is 2.37. The third kappa shape index (κ3) is 2.77. The first kappa shape index (κ1) is 18.0. The third-order valence-electron chi connectivity index (χ3n) is 6.67. The number of aromatic nitrogens is 5. The van der Waals surface area contributed by atoms with E-state index in [1.54, 1.807) is 4.52 Å². The van der Waals surface area contributed by atoms with Crippen LogP contribution in [-0.4, -0.2) is 24.4 Å². The van der Waals surface area contributed by atoms with Crippen molar-refractivity contribution in [3.05, 3.63) is 58.6 Å². The summed E-state index contributed by atoms with van der Waals surface area (Å²) in [5.74, 6) is 1.08. The number of fused-ring (bicyclic) bond motifs is 3. The molecular weight excluding hydrogens is 362 g/mol. The maximum absolute atomic E-state index is 13.3. The highest BCUT2D eigenvalue weighted by molar-refractivity contribution is 5.84. The lowest BCUT2D eigenvalue weighted by atomic mass is 9.78. The van der Waals surface area contributed by atoms with Crippen LogP contribution in [0, 0.1) is 18.8 Å². The van der Waals surface area contributed by atoms with E-state index in [-0.39, 0.29) is 11.6 Å². The normalized spacial score (nSPS) is 22.4. The van der Waals surface area contributed by atoms with Gasteiger partial charge in [-0.05, 0) is 36.8 Å². The maximum atomic E-state index is 13.3. The largest absolute Gasteiger partial charge is 0.310 e. The molecule has 0 aliphatic heterocycles. The van der Waals surface area contributed by atoms with E-state index in [2.05, 4.69) is 24.0 Å². The van der Waals surface area contributed by atoms with Crippen molar-refractivity contribution >= 4 is 16.7 Å².